The van der Waals surface area contributed by atoms with Gasteiger partial charge >= 0.3 is 0 Å². The van der Waals surface area contributed by atoms with Crippen molar-refractivity contribution in [3.63, 3.8) is 0 Å². The maximum absolute atomic E-state index is 12.2. The molecule has 0 spiro atoms. The summed E-state index contributed by atoms with van der Waals surface area (Å²) >= 11 is 0. The van der Waals surface area contributed by atoms with E-state index >= 15 is 0 Å². The predicted molar refractivity (Wildman–Crippen MR) is 68.8 cm³/mol. The third-order valence-electron chi connectivity index (χ3n) is 3.06. The number of benzene rings is 1. The number of hydrogen-bond acceptors (Lipinski definition) is 5. The van der Waals surface area contributed by atoms with Crippen LogP contribution < -0.4 is 10.0 Å². The molecule has 2 N–H and O–H groups in total. The summed E-state index contributed by atoms with van der Waals surface area (Å²) in [6.07, 6.45) is 1.30. The van der Waals surface area contributed by atoms with E-state index in [4.69, 9.17) is 0 Å². The summed E-state index contributed by atoms with van der Waals surface area (Å²) < 4.78 is 28.3. The maximum atomic E-state index is 12.2. The minimum Gasteiger partial charge on any atom is -0.309 e. The van der Waals surface area contributed by atoms with Crippen molar-refractivity contribution in [1.29, 1.82) is 0 Å². The quantitative estimate of drug-likeness (QED) is 0.839. The van der Waals surface area contributed by atoms with Gasteiger partial charge in [0, 0.05) is 20.1 Å². The molecule has 19 heavy (non-hydrogen) atoms. The Morgan fingerprint density at radius 3 is 2.84 bits per heavy atom. The van der Waals surface area contributed by atoms with E-state index in [0.29, 0.717) is 6.54 Å². The zero-order valence-corrected chi connectivity index (χ0v) is 11.1. The minimum absolute atomic E-state index is 0.193. The number of hydrogen-bond donors (Lipinski definition) is 2. The zero-order chi connectivity index (χ0) is 13.5. The third-order valence-corrected chi connectivity index (χ3v) is 4.38. The van der Waals surface area contributed by atoms with Crippen molar-refractivity contribution in [2.45, 2.75) is 18.0 Å². The molecule has 0 saturated carbocycles. The Morgan fingerprint density at radius 2 is 2.11 bits per heavy atom. The Hall–Kier alpha value is -1.93. The molecule has 1 aromatic carbocycles. The first-order valence-electron chi connectivity index (χ1n) is 5.75. The molecule has 2 aromatic rings. The second kappa shape index (κ2) is 4.32. The van der Waals surface area contributed by atoms with Crippen LogP contribution in [0.1, 0.15) is 11.1 Å². The summed E-state index contributed by atoms with van der Waals surface area (Å²) in [6.45, 7) is 1.48. The standard InChI is InChI=1S/C11H13N5O2S/c1-16-11(13-7-14-16)15-19(17,18)10-3-2-8-5-12-6-9(8)4-10/h2-4,7,12H,5-6H2,1H3,(H,13,14,15). The molecule has 2 heterocycles. The molecule has 0 radical (unpaired) electrons. The number of sulfonamides is 1. The average Bonchev–Trinajstić information content (AvgIpc) is 2.97. The van der Waals surface area contributed by atoms with E-state index < -0.39 is 10.0 Å². The van der Waals surface area contributed by atoms with Gasteiger partial charge < -0.3 is 5.32 Å². The molecule has 3 rings (SSSR count). The van der Waals surface area contributed by atoms with Gasteiger partial charge in [0.2, 0.25) is 5.95 Å². The molecule has 0 fully saturated rings. The van der Waals surface area contributed by atoms with E-state index in [-0.39, 0.29) is 10.8 Å². The molecule has 0 atom stereocenters. The fourth-order valence-corrected chi connectivity index (χ4v) is 3.09. The van der Waals surface area contributed by atoms with E-state index in [2.05, 4.69) is 20.1 Å². The van der Waals surface area contributed by atoms with E-state index in [0.717, 1.165) is 17.7 Å². The Kier molecular flexibility index (Phi) is 2.76. The normalized spacial score (nSPS) is 14.4. The molecule has 1 aliphatic rings. The summed E-state index contributed by atoms with van der Waals surface area (Å²) in [6, 6.07) is 5.12. The molecule has 1 aliphatic heterocycles. The van der Waals surface area contributed by atoms with Gasteiger partial charge in [-0.25, -0.2) is 17.8 Å². The second-order valence-corrected chi connectivity index (χ2v) is 6.03. The largest absolute Gasteiger partial charge is 0.309 e. The molecule has 0 aliphatic carbocycles. The number of nitrogens with zero attached hydrogens (tertiary/aromatic N) is 3. The molecule has 0 amide bonds. The molecule has 1 aromatic heterocycles. The van der Waals surface area contributed by atoms with Crippen LogP contribution >= 0.6 is 0 Å². The number of rotatable bonds is 3. The van der Waals surface area contributed by atoms with Gasteiger partial charge in [-0.15, -0.1) is 0 Å². The van der Waals surface area contributed by atoms with Gasteiger partial charge in [-0.3, -0.25) is 0 Å². The molecular formula is C11H13N5O2S. The number of aryl methyl sites for hydroxylation is 1. The molecular weight excluding hydrogens is 266 g/mol. The van der Waals surface area contributed by atoms with Gasteiger partial charge in [-0.1, -0.05) is 6.07 Å². The Morgan fingerprint density at radius 1 is 1.32 bits per heavy atom. The first kappa shape index (κ1) is 12.1. The highest BCUT2D eigenvalue weighted by atomic mass is 32.2. The predicted octanol–water partition coefficient (Wildman–Crippen LogP) is 0.219. The van der Waals surface area contributed by atoms with Gasteiger partial charge in [-0.2, -0.15) is 10.1 Å². The van der Waals surface area contributed by atoms with Crippen LogP contribution in [-0.2, 0) is 30.2 Å². The van der Waals surface area contributed by atoms with E-state index in [1.807, 2.05) is 6.07 Å². The molecule has 0 unspecified atom stereocenters. The van der Waals surface area contributed by atoms with Crippen molar-refractivity contribution < 1.29 is 8.42 Å². The molecule has 8 heteroatoms. The lowest BCUT2D eigenvalue weighted by Gasteiger charge is -2.08. The van der Waals surface area contributed by atoms with Crippen LogP contribution in [0.3, 0.4) is 0 Å². The van der Waals surface area contributed by atoms with Gasteiger partial charge in [0.15, 0.2) is 0 Å². The minimum atomic E-state index is -3.63. The Balaban J connectivity index is 1.94. The van der Waals surface area contributed by atoms with Crippen LogP contribution in [0.5, 0.6) is 0 Å². The van der Waals surface area contributed by atoms with Crippen LogP contribution in [0.2, 0.25) is 0 Å². The fourth-order valence-electron chi connectivity index (χ4n) is 2.01. The van der Waals surface area contributed by atoms with E-state index in [1.165, 1.54) is 11.0 Å². The van der Waals surface area contributed by atoms with Crippen molar-refractivity contribution in [2.24, 2.45) is 7.05 Å². The SMILES string of the molecule is Cn1ncnc1NS(=O)(=O)c1ccc2c(c1)CNC2. The van der Waals surface area contributed by atoms with Crippen molar-refractivity contribution in [1.82, 2.24) is 20.1 Å². The molecule has 7 nitrogen and oxygen atoms in total. The highest BCUT2D eigenvalue weighted by Gasteiger charge is 2.19. The highest BCUT2D eigenvalue weighted by Crippen LogP contribution is 2.21. The van der Waals surface area contributed by atoms with E-state index in [1.54, 1.807) is 19.2 Å². The summed E-state index contributed by atoms with van der Waals surface area (Å²) in [7, 11) is -2.01. The van der Waals surface area contributed by atoms with Crippen LogP contribution in [0.15, 0.2) is 29.4 Å². The van der Waals surface area contributed by atoms with Gasteiger partial charge in [-0.05, 0) is 23.3 Å². The lowest BCUT2D eigenvalue weighted by Crippen LogP contribution is -2.16. The van der Waals surface area contributed by atoms with Crippen molar-refractivity contribution in [3.8, 4) is 0 Å². The smallest absolute Gasteiger partial charge is 0.264 e. The summed E-state index contributed by atoms with van der Waals surface area (Å²) in [5, 5.41) is 7.00. The summed E-state index contributed by atoms with van der Waals surface area (Å²) in [4.78, 5) is 4.08. The van der Waals surface area contributed by atoms with Crippen molar-refractivity contribution in [2.75, 3.05) is 4.72 Å². The van der Waals surface area contributed by atoms with Gasteiger partial charge in [0.05, 0.1) is 4.90 Å². The first-order chi connectivity index (χ1) is 9.06. The topological polar surface area (TPSA) is 88.9 Å². The number of nitrogens with one attached hydrogen (secondary N) is 2. The van der Waals surface area contributed by atoms with Crippen molar-refractivity contribution >= 4 is 16.0 Å². The van der Waals surface area contributed by atoms with E-state index in [9.17, 15) is 8.42 Å². The molecule has 100 valence electrons. The maximum Gasteiger partial charge on any atom is 0.264 e. The summed E-state index contributed by atoms with van der Waals surface area (Å²) in [5.74, 6) is 0.193. The second-order valence-electron chi connectivity index (χ2n) is 4.35. The van der Waals surface area contributed by atoms with Crippen LogP contribution in [0, 0.1) is 0 Å². The summed E-state index contributed by atoms with van der Waals surface area (Å²) in [5.41, 5.74) is 2.15. The number of anilines is 1. The fraction of sp³-hybridized carbons (Fsp3) is 0.273. The molecule has 0 bridgehead atoms. The van der Waals surface area contributed by atoms with Gasteiger partial charge in [0.1, 0.15) is 6.33 Å². The molecule has 0 saturated heterocycles. The lowest BCUT2D eigenvalue weighted by atomic mass is 10.1. The zero-order valence-electron chi connectivity index (χ0n) is 10.3. The van der Waals surface area contributed by atoms with Crippen LogP contribution in [0.25, 0.3) is 0 Å². The Bertz CT molecular complexity index is 722. The number of fused-ring (bicyclic) bond motifs is 1. The lowest BCUT2D eigenvalue weighted by molar-refractivity contribution is 0.600. The Labute approximate surface area is 110 Å². The van der Waals surface area contributed by atoms with Gasteiger partial charge in [0.25, 0.3) is 10.0 Å². The average molecular weight is 279 g/mol. The first-order valence-corrected chi connectivity index (χ1v) is 7.24. The monoisotopic (exact) mass is 279 g/mol. The highest BCUT2D eigenvalue weighted by molar-refractivity contribution is 7.92. The third kappa shape index (κ3) is 2.20. The van der Waals surface area contributed by atoms with Crippen molar-refractivity contribution in [3.05, 3.63) is 35.7 Å². The van der Waals surface area contributed by atoms with Crippen LogP contribution in [-0.4, -0.2) is 23.2 Å². The number of aromatic nitrogens is 3. The van der Waals surface area contributed by atoms with Crippen LogP contribution in [0.4, 0.5) is 5.95 Å².